The van der Waals surface area contributed by atoms with Gasteiger partial charge in [-0.2, -0.15) is 5.26 Å². The molecular weight excluding hydrogens is 388 g/mol. The van der Waals surface area contributed by atoms with E-state index in [9.17, 15) is 10.1 Å². The summed E-state index contributed by atoms with van der Waals surface area (Å²) in [7, 11) is 0. The summed E-state index contributed by atoms with van der Waals surface area (Å²) in [6.07, 6.45) is 1.60. The Morgan fingerprint density at radius 3 is 2.62 bits per heavy atom. The number of anilines is 1. The predicted octanol–water partition coefficient (Wildman–Crippen LogP) is 4.56. The molecule has 0 aliphatic rings. The van der Waals surface area contributed by atoms with Crippen molar-refractivity contribution in [1.82, 2.24) is 9.88 Å². The standard InChI is InChI=1S/C22H23ClN4O2/c1-14-16(3)27(13-19-5-4-10-29-19)22(20(14)11-24)26-21(28)12-25-15(2)17-6-8-18(23)9-7-17/h4-10,15,25H,12-13H2,1-3H3,(H,26,28)/t15-/m0/s1. The second-order valence-corrected chi connectivity index (χ2v) is 7.35. The summed E-state index contributed by atoms with van der Waals surface area (Å²) >= 11 is 5.92. The van der Waals surface area contributed by atoms with E-state index in [1.54, 1.807) is 6.26 Å². The number of nitrogens with zero attached hydrogens (tertiary/aromatic N) is 2. The topological polar surface area (TPSA) is 83.0 Å². The van der Waals surface area contributed by atoms with E-state index in [4.69, 9.17) is 16.0 Å². The maximum atomic E-state index is 12.6. The van der Waals surface area contributed by atoms with Crippen molar-refractivity contribution in [3.05, 3.63) is 75.8 Å². The van der Waals surface area contributed by atoms with E-state index in [0.717, 1.165) is 22.6 Å². The Hall–Kier alpha value is -3.01. The van der Waals surface area contributed by atoms with Crippen LogP contribution in [0.3, 0.4) is 0 Å². The number of aromatic nitrogens is 1. The normalized spacial score (nSPS) is 11.8. The van der Waals surface area contributed by atoms with Crippen LogP contribution in [0.15, 0.2) is 47.1 Å². The van der Waals surface area contributed by atoms with Gasteiger partial charge in [0.15, 0.2) is 0 Å². The SMILES string of the molecule is Cc1c(C#N)c(NC(=O)CN[C@@H](C)c2ccc(Cl)cc2)n(Cc2ccco2)c1C. The highest BCUT2D eigenvalue weighted by Gasteiger charge is 2.20. The van der Waals surface area contributed by atoms with Gasteiger partial charge in [-0.25, -0.2) is 0 Å². The zero-order chi connectivity index (χ0) is 21.0. The number of hydrogen-bond donors (Lipinski definition) is 2. The first-order valence-corrected chi connectivity index (χ1v) is 9.69. The fraction of sp³-hybridized carbons (Fsp3) is 0.273. The Morgan fingerprint density at radius 1 is 1.28 bits per heavy atom. The quantitative estimate of drug-likeness (QED) is 0.598. The number of halogens is 1. The van der Waals surface area contributed by atoms with Gasteiger partial charge < -0.3 is 19.6 Å². The van der Waals surface area contributed by atoms with Crippen molar-refractivity contribution < 1.29 is 9.21 Å². The lowest BCUT2D eigenvalue weighted by Crippen LogP contribution is -2.31. The molecule has 0 radical (unpaired) electrons. The molecular formula is C22H23ClN4O2. The number of hydrogen-bond acceptors (Lipinski definition) is 4. The Kier molecular flexibility index (Phi) is 6.42. The van der Waals surface area contributed by atoms with Gasteiger partial charge in [0.1, 0.15) is 17.6 Å². The van der Waals surface area contributed by atoms with Gasteiger partial charge >= 0.3 is 0 Å². The number of benzene rings is 1. The minimum Gasteiger partial charge on any atom is -0.467 e. The molecule has 2 heterocycles. The summed E-state index contributed by atoms with van der Waals surface area (Å²) in [6, 6.07) is 13.3. The zero-order valence-electron chi connectivity index (χ0n) is 16.6. The van der Waals surface area contributed by atoms with Crippen LogP contribution < -0.4 is 10.6 Å². The molecule has 3 rings (SSSR count). The van der Waals surface area contributed by atoms with E-state index in [-0.39, 0.29) is 18.5 Å². The Morgan fingerprint density at radius 2 is 2.00 bits per heavy atom. The molecule has 0 unspecified atom stereocenters. The lowest BCUT2D eigenvalue weighted by molar-refractivity contribution is -0.115. The molecule has 0 fully saturated rings. The van der Waals surface area contributed by atoms with E-state index < -0.39 is 0 Å². The zero-order valence-corrected chi connectivity index (χ0v) is 17.4. The molecule has 0 saturated heterocycles. The molecule has 150 valence electrons. The molecule has 0 spiro atoms. The third-order valence-electron chi connectivity index (χ3n) is 5.03. The minimum absolute atomic E-state index is 0.0215. The summed E-state index contributed by atoms with van der Waals surface area (Å²) in [5, 5.41) is 16.4. The highest BCUT2D eigenvalue weighted by atomic mass is 35.5. The number of amides is 1. The second-order valence-electron chi connectivity index (χ2n) is 6.91. The Bertz CT molecular complexity index is 1030. The van der Waals surface area contributed by atoms with Crippen molar-refractivity contribution in [1.29, 1.82) is 5.26 Å². The molecule has 2 N–H and O–H groups in total. The lowest BCUT2D eigenvalue weighted by atomic mass is 10.1. The molecule has 3 aromatic rings. The van der Waals surface area contributed by atoms with Gasteiger partial charge in [0.25, 0.3) is 0 Å². The third kappa shape index (κ3) is 4.70. The first-order valence-electron chi connectivity index (χ1n) is 9.31. The summed E-state index contributed by atoms with van der Waals surface area (Å²) in [5.74, 6) is 1.02. The van der Waals surface area contributed by atoms with Crippen molar-refractivity contribution in [3.8, 4) is 6.07 Å². The van der Waals surface area contributed by atoms with Crippen molar-refractivity contribution in [2.75, 3.05) is 11.9 Å². The van der Waals surface area contributed by atoms with Crippen molar-refractivity contribution in [2.24, 2.45) is 0 Å². The van der Waals surface area contributed by atoms with E-state index in [0.29, 0.717) is 22.9 Å². The van der Waals surface area contributed by atoms with Gasteiger partial charge in [-0.15, -0.1) is 0 Å². The maximum absolute atomic E-state index is 12.6. The molecule has 6 nitrogen and oxygen atoms in total. The van der Waals surface area contributed by atoms with E-state index in [1.807, 2.05) is 61.7 Å². The third-order valence-corrected chi connectivity index (χ3v) is 5.28. The van der Waals surface area contributed by atoms with Crippen molar-refractivity contribution >= 4 is 23.3 Å². The van der Waals surface area contributed by atoms with Gasteiger partial charge in [-0.05, 0) is 56.2 Å². The van der Waals surface area contributed by atoms with Crippen LogP contribution in [0.2, 0.25) is 5.02 Å². The van der Waals surface area contributed by atoms with Crippen LogP contribution in [-0.4, -0.2) is 17.0 Å². The van der Waals surface area contributed by atoms with Crippen molar-refractivity contribution in [2.45, 2.75) is 33.4 Å². The van der Waals surface area contributed by atoms with Crippen LogP contribution in [0, 0.1) is 25.2 Å². The van der Waals surface area contributed by atoms with Crippen LogP contribution in [0.25, 0.3) is 0 Å². The fourth-order valence-corrected chi connectivity index (χ4v) is 3.30. The van der Waals surface area contributed by atoms with Crippen LogP contribution in [0.1, 0.15) is 41.1 Å². The van der Waals surface area contributed by atoms with Gasteiger partial charge in [0, 0.05) is 16.8 Å². The average Bonchev–Trinajstić information content (AvgIpc) is 3.30. The molecule has 0 aliphatic heterocycles. The summed E-state index contributed by atoms with van der Waals surface area (Å²) in [6.45, 7) is 6.33. The smallest absolute Gasteiger partial charge is 0.239 e. The van der Waals surface area contributed by atoms with E-state index >= 15 is 0 Å². The first kappa shape index (κ1) is 20.7. The Balaban J connectivity index is 1.73. The van der Waals surface area contributed by atoms with Gasteiger partial charge in [0.2, 0.25) is 5.91 Å². The number of carbonyl (C=O) groups is 1. The first-order chi connectivity index (χ1) is 13.9. The van der Waals surface area contributed by atoms with Gasteiger partial charge in [0.05, 0.1) is 24.9 Å². The summed E-state index contributed by atoms with van der Waals surface area (Å²) in [4.78, 5) is 12.6. The van der Waals surface area contributed by atoms with Crippen LogP contribution in [-0.2, 0) is 11.3 Å². The molecule has 2 aromatic heterocycles. The van der Waals surface area contributed by atoms with E-state index in [1.165, 1.54) is 0 Å². The Labute approximate surface area is 175 Å². The van der Waals surface area contributed by atoms with Crippen LogP contribution in [0.5, 0.6) is 0 Å². The fourth-order valence-electron chi connectivity index (χ4n) is 3.18. The summed E-state index contributed by atoms with van der Waals surface area (Å²) < 4.78 is 7.33. The van der Waals surface area contributed by atoms with Gasteiger partial charge in [-0.3, -0.25) is 4.79 Å². The monoisotopic (exact) mass is 410 g/mol. The van der Waals surface area contributed by atoms with Gasteiger partial charge in [-0.1, -0.05) is 23.7 Å². The van der Waals surface area contributed by atoms with Crippen LogP contribution >= 0.6 is 11.6 Å². The minimum atomic E-state index is -0.222. The number of nitrogens with one attached hydrogen (secondary N) is 2. The largest absolute Gasteiger partial charge is 0.467 e. The maximum Gasteiger partial charge on any atom is 0.239 e. The molecule has 0 bridgehead atoms. The number of rotatable bonds is 7. The molecule has 0 aliphatic carbocycles. The lowest BCUT2D eigenvalue weighted by Gasteiger charge is -2.15. The van der Waals surface area contributed by atoms with Crippen molar-refractivity contribution in [3.63, 3.8) is 0 Å². The number of carbonyl (C=O) groups excluding carboxylic acids is 1. The number of nitriles is 1. The predicted molar refractivity (Wildman–Crippen MR) is 113 cm³/mol. The molecule has 1 aromatic carbocycles. The second kappa shape index (κ2) is 8.99. The molecule has 1 amide bonds. The van der Waals surface area contributed by atoms with Crippen LogP contribution in [0.4, 0.5) is 5.82 Å². The molecule has 1 atom stereocenters. The molecule has 0 saturated carbocycles. The average molecular weight is 411 g/mol. The number of furan rings is 1. The summed E-state index contributed by atoms with van der Waals surface area (Å²) in [5.41, 5.74) is 3.26. The molecule has 7 heteroatoms. The molecule has 29 heavy (non-hydrogen) atoms. The van der Waals surface area contributed by atoms with E-state index in [2.05, 4.69) is 16.7 Å². The highest BCUT2D eigenvalue weighted by Crippen LogP contribution is 2.27. The highest BCUT2D eigenvalue weighted by molar-refractivity contribution is 6.30.